The van der Waals surface area contributed by atoms with Gasteiger partial charge in [-0.05, 0) is 44.0 Å². The van der Waals surface area contributed by atoms with E-state index < -0.39 is 0 Å². The van der Waals surface area contributed by atoms with Gasteiger partial charge in [-0.25, -0.2) is 4.79 Å². The Morgan fingerprint density at radius 1 is 1.00 bits per heavy atom. The van der Waals surface area contributed by atoms with Crippen LogP contribution in [0, 0.1) is 0 Å². The summed E-state index contributed by atoms with van der Waals surface area (Å²) in [5, 5.41) is 3.28. The monoisotopic (exact) mass is 415 g/mol. The molecule has 1 heterocycles. The van der Waals surface area contributed by atoms with Gasteiger partial charge < -0.3 is 20.5 Å². The maximum absolute atomic E-state index is 11.6. The average Bonchev–Trinajstić information content (AvgIpc) is 2.76. The Labute approximate surface area is 178 Å². The van der Waals surface area contributed by atoms with Crippen molar-refractivity contribution in [1.82, 2.24) is 15.0 Å². The van der Waals surface area contributed by atoms with Crippen molar-refractivity contribution in [3.05, 3.63) is 41.2 Å². The van der Waals surface area contributed by atoms with Gasteiger partial charge in [0.05, 0.1) is 19.3 Å². The molecule has 1 aromatic carbocycles. The zero-order chi connectivity index (χ0) is 21.6. The molecule has 0 unspecified atom stereocenters. The Balaban J connectivity index is 1.92. The Morgan fingerprint density at radius 2 is 1.70 bits per heavy atom. The van der Waals surface area contributed by atoms with Crippen LogP contribution in [0.3, 0.4) is 0 Å². The van der Waals surface area contributed by atoms with Crippen LogP contribution in [0.1, 0.15) is 67.2 Å². The maximum atomic E-state index is 11.6. The predicted octanol–water partition coefficient (Wildman–Crippen LogP) is 3.36. The van der Waals surface area contributed by atoms with E-state index in [9.17, 15) is 4.79 Å². The highest BCUT2D eigenvalue weighted by Crippen LogP contribution is 2.14. The first-order valence-corrected chi connectivity index (χ1v) is 10.6. The van der Waals surface area contributed by atoms with E-state index in [0.717, 1.165) is 31.5 Å². The van der Waals surface area contributed by atoms with E-state index in [4.69, 9.17) is 15.2 Å². The van der Waals surface area contributed by atoms with Gasteiger partial charge in [0, 0.05) is 13.0 Å². The summed E-state index contributed by atoms with van der Waals surface area (Å²) >= 11 is 0. The van der Waals surface area contributed by atoms with Gasteiger partial charge in [0.1, 0.15) is 5.82 Å². The van der Waals surface area contributed by atoms with Gasteiger partial charge in [-0.1, -0.05) is 37.8 Å². The van der Waals surface area contributed by atoms with Gasteiger partial charge in [0.2, 0.25) is 5.95 Å². The predicted molar refractivity (Wildman–Crippen MR) is 117 cm³/mol. The molecule has 0 radical (unpaired) electrons. The van der Waals surface area contributed by atoms with Crippen LogP contribution in [0.15, 0.2) is 24.3 Å². The van der Waals surface area contributed by atoms with Crippen molar-refractivity contribution in [2.75, 3.05) is 32.1 Å². The van der Waals surface area contributed by atoms with Crippen molar-refractivity contribution < 1.29 is 14.3 Å². The average molecular weight is 416 g/mol. The molecule has 30 heavy (non-hydrogen) atoms. The molecule has 0 saturated heterocycles. The number of hydrogen-bond acceptors (Lipinski definition) is 8. The number of unbranched alkanes of at least 4 members (excludes halogenated alkanes) is 5. The van der Waals surface area contributed by atoms with Crippen LogP contribution in [0.25, 0.3) is 0 Å². The van der Waals surface area contributed by atoms with E-state index in [-0.39, 0.29) is 5.97 Å². The number of nitrogens with two attached hydrogens (primary N) is 1. The van der Waals surface area contributed by atoms with Crippen molar-refractivity contribution in [2.45, 2.75) is 51.9 Å². The van der Waals surface area contributed by atoms with Crippen molar-refractivity contribution in [3.8, 4) is 6.01 Å². The molecule has 1 aromatic heterocycles. The number of esters is 1. The lowest BCUT2D eigenvalue weighted by Crippen LogP contribution is -2.11. The summed E-state index contributed by atoms with van der Waals surface area (Å²) in [7, 11) is 1.37. The lowest BCUT2D eigenvalue weighted by atomic mass is 10.1. The number of benzene rings is 1. The minimum atomic E-state index is -0.355. The van der Waals surface area contributed by atoms with Crippen LogP contribution >= 0.6 is 0 Å². The number of carbonyl (C=O) groups is 1. The molecule has 3 N–H and O–H groups in total. The summed E-state index contributed by atoms with van der Waals surface area (Å²) in [6.07, 6.45) is 7.51. The Kier molecular flexibility index (Phi) is 10.6. The second-order valence-corrected chi connectivity index (χ2v) is 6.99. The van der Waals surface area contributed by atoms with Gasteiger partial charge in [-0.15, -0.1) is 0 Å². The SMILES string of the molecule is CCOc1nc(Cc2ccc(C(=O)OC)cc2)nc(NCCCCCCCCN)n1. The first kappa shape index (κ1) is 23.5. The molecule has 0 spiro atoms. The van der Waals surface area contributed by atoms with Gasteiger partial charge in [-0.3, -0.25) is 0 Å². The number of anilines is 1. The fraction of sp³-hybridized carbons (Fsp3) is 0.545. The second kappa shape index (κ2) is 13.5. The fourth-order valence-electron chi connectivity index (χ4n) is 2.99. The van der Waals surface area contributed by atoms with Crippen LogP contribution in [0.4, 0.5) is 5.95 Å². The van der Waals surface area contributed by atoms with Crippen molar-refractivity contribution in [2.24, 2.45) is 5.73 Å². The number of rotatable bonds is 14. The van der Waals surface area contributed by atoms with Crippen LogP contribution in [0.2, 0.25) is 0 Å². The number of methoxy groups -OCH3 is 1. The summed E-state index contributed by atoms with van der Waals surface area (Å²) in [6.45, 7) is 3.97. The molecule has 0 atom stereocenters. The Hall–Kier alpha value is -2.74. The van der Waals surface area contributed by atoms with Crippen molar-refractivity contribution >= 4 is 11.9 Å². The molecule has 164 valence electrons. The summed E-state index contributed by atoms with van der Waals surface area (Å²) in [4.78, 5) is 24.8. The van der Waals surface area contributed by atoms with E-state index in [2.05, 4.69) is 20.3 Å². The molecule has 2 rings (SSSR count). The third kappa shape index (κ3) is 8.32. The van der Waals surface area contributed by atoms with Crippen molar-refractivity contribution in [3.63, 3.8) is 0 Å². The Morgan fingerprint density at radius 3 is 2.37 bits per heavy atom. The molecule has 0 bridgehead atoms. The molecule has 0 saturated carbocycles. The molecule has 0 amide bonds. The second-order valence-electron chi connectivity index (χ2n) is 6.99. The van der Waals surface area contributed by atoms with E-state index in [1.54, 1.807) is 12.1 Å². The molecule has 0 aliphatic heterocycles. The normalized spacial score (nSPS) is 10.6. The van der Waals surface area contributed by atoms with Crippen LogP contribution < -0.4 is 15.8 Å². The smallest absolute Gasteiger partial charge is 0.337 e. The highest BCUT2D eigenvalue weighted by molar-refractivity contribution is 5.89. The summed E-state index contributed by atoms with van der Waals surface area (Å²) < 4.78 is 10.2. The molecule has 0 aliphatic carbocycles. The van der Waals surface area contributed by atoms with Crippen LogP contribution in [0.5, 0.6) is 6.01 Å². The Bertz CT molecular complexity index is 768. The fourth-order valence-corrected chi connectivity index (χ4v) is 2.99. The van der Waals surface area contributed by atoms with Gasteiger partial charge in [0.25, 0.3) is 0 Å². The number of nitrogens with zero attached hydrogens (tertiary/aromatic N) is 3. The first-order chi connectivity index (χ1) is 14.7. The maximum Gasteiger partial charge on any atom is 0.337 e. The topological polar surface area (TPSA) is 112 Å². The van der Waals surface area contributed by atoms with Gasteiger partial charge >= 0.3 is 12.0 Å². The zero-order valence-corrected chi connectivity index (χ0v) is 18.0. The number of hydrogen-bond donors (Lipinski definition) is 2. The molecule has 0 fully saturated rings. The van der Waals surface area contributed by atoms with E-state index >= 15 is 0 Å². The van der Waals surface area contributed by atoms with Crippen LogP contribution in [-0.4, -0.2) is 47.7 Å². The molecule has 8 heteroatoms. The third-order valence-corrected chi connectivity index (χ3v) is 4.59. The highest BCUT2D eigenvalue weighted by Gasteiger charge is 2.10. The summed E-state index contributed by atoms with van der Waals surface area (Å²) in [5.41, 5.74) is 7.01. The zero-order valence-electron chi connectivity index (χ0n) is 18.0. The van der Waals surface area contributed by atoms with E-state index in [0.29, 0.717) is 36.4 Å². The highest BCUT2D eigenvalue weighted by atomic mass is 16.5. The molecular weight excluding hydrogens is 382 g/mol. The molecular formula is C22H33N5O3. The number of ether oxygens (including phenoxy) is 2. The molecule has 2 aromatic rings. The van der Waals surface area contributed by atoms with Crippen LogP contribution in [-0.2, 0) is 11.2 Å². The standard InChI is InChI=1S/C22H33N5O3/c1-3-30-22-26-19(16-17-10-12-18(13-11-17)20(28)29-2)25-21(27-22)24-15-9-7-5-4-6-8-14-23/h10-13H,3-9,14-16,23H2,1-2H3,(H,24,25,26,27). The quantitative estimate of drug-likeness (QED) is 0.357. The lowest BCUT2D eigenvalue weighted by Gasteiger charge is -2.09. The summed E-state index contributed by atoms with van der Waals surface area (Å²) in [6, 6.07) is 7.53. The van der Waals surface area contributed by atoms with Gasteiger partial charge in [0.15, 0.2) is 0 Å². The van der Waals surface area contributed by atoms with Gasteiger partial charge in [-0.2, -0.15) is 15.0 Å². The lowest BCUT2D eigenvalue weighted by molar-refractivity contribution is 0.0600. The van der Waals surface area contributed by atoms with E-state index in [1.165, 1.54) is 32.8 Å². The van der Waals surface area contributed by atoms with Crippen molar-refractivity contribution in [1.29, 1.82) is 0 Å². The first-order valence-electron chi connectivity index (χ1n) is 10.6. The largest absolute Gasteiger partial charge is 0.465 e. The molecule has 0 aliphatic rings. The number of aromatic nitrogens is 3. The minimum Gasteiger partial charge on any atom is -0.465 e. The minimum absolute atomic E-state index is 0.318. The number of carbonyl (C=O) groups excluding carboxylic acids is 1. The third-order valence-electron chi connectivity index (χ3n) is 4.59. The molecule has 8 nitrogen and oxygen atoms in total. The summed E-state index contributed by atoms with van der Waals surface area (Å²) in [5.74, 6) is 0.785. The number of nitrogens with one attached hydrogen (secondary N) is 1. The van der Waals surface area contributed by atoms with E-state index in [1.807, 2.05) is 19.1 Å².